The van der Waals surface area contributed by atoms with Crippen LogP contribution in [0.5, 0.6) is 0 Å². The van der Waals surface area contributed by atoms with Crippen LogP contribution in [-0.4, -0.2) is 23.9 Å². The van der Waals surface area contributed by atoms with Crippen molar-refractivity contribution in [3.05, 3.63) is 0 Å². The summed E-state index contributed by atoms with van der Waals surface area (Å²) in [4.78, 5) is 4.41. The second kappa shape index (κ2) is 2.51. The van der Waals surface area contributed by atoms with Gasteiger partial charge in [-0.25, -0.2) is 0 Å². The van der Waals surface area contributed by atoms with E-state index in [4.69, 9.17) is 32.8 Å². The van der Waals surface area contributed by atoms with Gasteiger partial charge in [0.15, 0.2) is 0 Å². The highest BCUT2D eigenvalue weighted by molar-refractivity contribution is 6.45. The smallest absolute Gasteiger partial charge is 0.240 e. The zero-order valence-corrected chi connectivity index (χ0v) is 7.18. The van der Waals surface area contributed by atoms with Crippen molar-refractivity contribution in [2.45, 2.75) is 17.5 Å². The van der Waals surface area contributed by atoms with E-state index >= 15 is 0 Å². The van der Waals surface area contributed by atoms with Gasteiger partial charge in [-0.1, -0.05) is 5.16 Å². The first-order chi connectivity index (χ1) is 5.26. The Morgan fingerprint density at radius 1 is 1.64 bits per heavy atom. The SMILES string of the molecule is ClC(Cl)C12C=NOC1OCC2. The van der Waals surface area contributed by atoms with Crippen molar-refractivity contribution < 1.29 is 9.57 Å². The van der Waals surface area contributed by atoms with Gasteiger partial charge in [-0.05, 0) is 6.42 Å². The fraction of sp³-hybridized carbons (Fsp3) is 0.833. The summed E-state index contributed by atoms with van der Waals surface area (Å²) in [6.07, 6.45) is 2.05. The Morgan fingerprint density at radius 3 is 3.09 bits per heavy atom. The molecule has 0 amide bonds. The van der Waals surface area contributed by atoms with Gasteiger partial charge < -0.3 is 9.57 Å². The van der Waals surface area contributed by atoms with Gasteiger partial charge in [0.1, 0.15) is 10.3 Å². The topological polar surface area (TPSA) is 30.8 Å². The largest absolute Gasteiger partial charge is 0.363 e. The maximum atomic E-state index is 5.79. The van der Waals surface area contributed by atoms with E-state index in [-0.39, 0.29) is 6.29 Å². The predicted molar refractivity (Wildman–Crippen MR) is 41.9 cm³/mol. The number of ether oxygens (including phenoxy) is 1. The minimum Gasteiger partial charge on any atom is -0.363 e. The molecule has 0 aliphatic carbocycles. The second-order valence-corrected chi connectivity index (χ2v) is 3.80. The molecular weight excluding hydrogens is 189 g/mol. The summed E-state index contributed by atoms with van der Waals surface area (Å²) in [6.45, 7) is 0.632. The van der Waals surface area contributed by atoms with E-state index in [0.29, 0.717) is 6.61 Å². The summed E-state index contributed by atoms with van der Waals surface area (Å²) in [5.41, 5.74) is -0.400. The summed E-state index contributed by atoms with van der Waals surface area (Å²) in [5.74, 6) is 0. The third-order valence-electron chi connectivity index (χ3n) is 2.10. The number of nitrogens with zero attached hydrogens (tertiary/aromatic N) is 1. The van der Waals surface area contributed by atoms with Gasteiger partial charge in [0, 0.05) is 0 Å². The third kappa shape index (κ3) is 0.949. The van der Waals surface area contributed by atoms with E-state index in [9.17, 15) is 0 Å². The Hall–Kier alpha value is 0.01000. The van der Waals surface area contributed by atoms with Crippen LogP contribution in [0.1, 0.15) is 6.42 Å². The number of fused-ring (bicyclic) bond motifs is 1. The Morgan fingerprint density at radius 2 is 2.45 bits per heavy atom. The predicted octanol–water partition coefficient (Wildman–Crippen LogP) is 1.54. The molecule has 2 heterocycles. The van der Waals surface area contributed by atoms with Gasteiger partial charge >= 0.3 is 0 Å². The highest BCUT2D eigenvalue weighted by atomic mass is 35.5. The van der Waals surface area contributed by atoms with Gasteiger partial charge in [0.2, 0.25) is 6.29 Å². The lowest BCUT2D eigenvalue weighted by Crippen LogP contribution is -2.35. The zero-order chi connectivity index (χ0) is 7.90. The van der Waals surface area contributed by atoms with Crippen LogP contribution < -0.4 is 0 Å². The zero-order valence-electron chi connectivity index (χ0n) is 5.67. The molecule has 0 spiro atoms. The minimum atomic E-state index is -0.513. The Bertz CT molecular complexity index is 197. The maximum Gasteiger partial charge on any atom is 0.240 e. The summed E-state index contributed by atoms with van der Waals surface area (Å²) in [7, 11) is 0. The van der Waals surface area contributed by atoms with Crippen molar-refractivity contribution in [1.29, 1.82) is 0 Å². The van der Waals surface area contributed by atoms with Crippen molar-refractivity contribution in [2.75, 3.05) is 6.61 Å². The third-order valence-corrected chi connectivity index (χ3v) is 2.91. The van der Waals surface area contributed by atoms with Gasteiger partial charge in [-0.2, -0.15) is 0 Å². The molecule has 5 heteroatoms. The van der Waals surface area contributed by atoms with Crippen LogP contribution in [0.15, 0.2) is 5.16 Å². The van der Waals surface area contributed by atoms with Crippen molar-refractivity contribution in [2.24, 2.45) is 10.6 Å². The molecule has 0 aromatic carbocycles. The molecule has 2 unspecified atom stereocenters. The van der Waals surface area contributed by atoms with Gasteiger partial charge in [-0.15, -0.1) is 23.2 Å². The van der Waals surface area contributed by atoms with Crippen LogP contribution in [-0.2, 0) is 9.57 Å². The molecule has 1 saturated heterocycles. The molecule has 2 aliphatic rings. The number of halogens is 2. The normalized spacial score (nSPS) is 41.2. The lowest BCUT2D eigenvalue weighted by molar-refractivity contribution is -0.123. The van der Waals surface area contributed by atoms with E-state index in [0.717, 1.165) is 6.42 Å². The average molecular weight is 196 g/mol. The quantitative estimate of drug-likeness (QED) is 0.595. The molecular formula is C6H7Cl2NO2. The molecule has 2 rings (SSSR count). The fourth-order valence-corrected chi connectivity index (χ4v) is 1.86. The lowest BCUT2D eigenvalue weighted by atomic mass is 9.90. The Labute approximate surface area is 74.2 Å². The molecule has 2 atom stereocenters. The summed E-state index contributed by atoms with van der Waals surface area (Å²) >= 11 is 11.6. The van der Waals surface area contributed by atoms with Crippen molar-refractivity contribution in [1.82, 2.24) is 0 Å². The highest BCUT2D eigenvalue weighted by Gasteiger charge is 2.53. The summed E-state index contributed by atoms with van der Waals surface area (Å²) in [5, 5.41) is 3.64. The molecule has 0 N–H and O–H groups in total. The average Bonchev–Trinajstić information content (AvgIpc) is 2.40. The van der Waals surface area contributed by atoms with E-state index in [1.54, 1.807) is 6.21 Å². The van der Waals surface area contributed by atoms with E-state index in [1.807, 2.05) is 0 Å². The number of hydrogen-bond donors (Lipinski definition) is 0. The fourth-order valence-electron chi connectivity index (χ4n) is 1.32. The Kier molecular flexibility index (Phi) is 1.74. The molecule has 11 heavy (non-hydrogen) atoms. The summed E-state index contributed by atoms with van der Waals surface area (Å²) < 4.78 is 5.23. The Balaban J connectivity index is 2.26. The number of oxime groups is 1. The molecule has 0 saturated carbocycles. The van der Waals surface area contributed by atoms with Crippen LogP contribution in [0.3, 0.4) is 0 Å². The second-order valence-electron chi connectivity index (χ2n) is 2.71. The van der Waals surface area contributed by atoms with Gasteiger partial charge in [0.25, 0.3) is 0 Å². The monoisotopic (exact) mass is 195 g/mol. The molecule has 2 aliphatic heterocycles. The molecule has 3 nitrogen and oxygen atoms in total. The molecule has 62 valence electrons. The van der Waals surface area contributed by atoms with Crippen LogP contribution in [0, 0.1) is 5.41 Å². The standard InChI is InChI=1S/C6H7Cl2NO2/c7-4(8)6-1-2-10-5(6)11-9-3-6/h3-5H,1-2H2. The van der Waals surface area contributed by atoms with Crippen LogP contribution in [0.25, 0.3) is 0 Å². The molecule has 0 aromatic heterocycles. The molecule has 1 fully saturated rings. The molecule has 0 aromatic rings. The number of alkyl halides is 2. The van der Waals surface area contributed by atoms with Gasteiger partial charge in [-0.3, -0.25) is 0 Å². The first-order valence-electron chi connectivity index (χ1n) is 3.36. The maximum absolute atomic E-state index is 5.79. The van der Waals surface area contributed by atoms with E-state index in [1.165, 1.54) is 0 Å². The first-order valence-corrected chi connectivity index (χ1v) is 4.23. The lowest BCUT2D eigenvalue weighted by Gasteiger charge is -2.22. The molecule has 0 radical (unpaired) electrons. The first kappa shape index (κ1) is 7.65. The van der Waals surface area contributed by atoms with Crippen molar-refractivity contribution >= 4 is 29.4 Å². The van der Waals surface area contributed by atoms with Gasteiger partial charge in [0.05, 0.1) is 12.8 Å². The number of hydrogen-bond acceptors (Lipinski definition) is 3. The van der Waals surface area contributed by atoms with Crippen molar-refractivity contribution in [3.63, 3.8) is 0 Å². The van der Waals surface area contributed by atoms with Crippen LogP contribution in [0.2, 0.25) is 0 Å². The molecule has 0 bridgehead atoms. The van der Waals surface area contributed by atoms with E-state index < -0.39 is 10.3 Å². The van der Waals surface area contributed by atoms with Crippen molar-refractivity contribution in [3.8, 4) is 0 Å². The highest BCUT2D eigenvalue weighted by Crippen LogP contribution is 2.44. The van der Waals surface area contributed by atoms with Crippen LogP contribution in [0.4, 0.5) is 0 Å². The summed E-state index contributed by atoms with van der Waals surface area (Å²) in [6, 6.07) is 0. The van der Waals surface area contributed by atoms with E-state index in [2.05, 4.69) is 5.16 Å². The van der Waals surface area contributed by atoms with Crippen LogP contribution >= 0.6 is 23.2 Å². The minimum absolute atomic E-state index is 0.373. The number of rotatable bonds is 1.